The van der Waals surface area contributed by atoms with Crippen molar-refractivity contribution in [2.45, 2.75) is 114 Å². The number of sulfone groups is 1. The molecule has 0 radical (unpaired) electrons. The number of benzene rings is 2. The van der Waals surface area contributed by atoms with E-state index < -0.39 is 56.1 Å². The summed E-state index contributed by atoms with van der Waals surface area (Å²) < 4.78 is 38.3. The lowest BCUT2D eigenvalue weighted by Crippen LogP contribution is -2.63. The van der Waals surface area contributed by atoms with E-state index in [1.807, 2.05) is 51.1 Å². The molecular formula is C37H55FN4O5S. The molecule has 266 valence electrons. The molecule has 0 aromatic heterocycles. The molecule has 1 aliphatic carbocycles. The molecular weight excluding hydrogens is 631 g/mol. The first-order chi connectivity index (χ1) is 22.4. The molecule has 1 saturated carbocycles. The van der Waals surface area contributed by atoms with Crippen molar-refractivity contribution in [2.24, 2.45) is 11.8 Å². The average Bonchev–Trinajstić information content (AvgIpc) is 2.99. The Hall–Kier alpha value is -2.86. The third-order valence-corrected chi connectivity index (χ3v) is 12.3. The highest BCUT2D eigenvalue weighted by molar-refractivity contribution is 7.92. The lowest BCUT2D eigenvalue weighted by molar-refractivity contribution is -0.133. The molecule has 2 aliphatic rings. The summed E-state index contributed by atoms with van der Waals surface area (Å²) >= 11 is 0. The highest BCUT2D eigenvalue weighted by atomic mass is 32.2. The molecule has 4 rings (SSSR count). The summed E-state index contributed by atoms with van der Waals surface area (Å²) in [6, 6.07) is 13.0. The zero-order valence-electron chi connectivity index (χ0n) is 29.3. The van der Waals surface area contributed by atoms with Gasteiger partial charge in [-0.25, -0.2) is 12.8 Å². The summed E-state index contributed by atoms with van der Waals surface area (Å²) in [6.07, 6.45) is 5.56. The number of hydrogen-bond acceptors (Lipinski definition) is 7. The van der Waals surface area contributed by atoms with Crippen molar-refractivity contribution in [3.63, 3.8) is 0 Å². The number of piperidine rings is 1. The summed E-state index contributed by atoms with van der Waals surface area (Å²) in [5.41, 5.74) is 1.04. The summed E-state index contributed by atoms with van der Waals surface area (Å²) in [5, 5.41) is 21.1. The van der Waals surface area contributed by atoms with Gasteiger partial charge < -0.3 is 21.1 Å². The van der Waals surface area contributed by atoms with Crippen molar-refractivity contribution in [3.8, 4) is 0 Å². The van der Waals surface area contributed by atoms with Gasteiger partial charge >= 0.3 is 0 Å². The number of fused-ring (bicyclic) bond motifs is 1. The molecule has 2 aromatic carbocycles. The van der Waals surface area contributed by atoms with Gasteiger partial charge in [0.25, 0.3) is 0 Å². The first-order valence-electron chi connectivity index (χ1n) is 17.2. The van der Waals surface area contributed by atoms with Gasteiger partial charge in [-0.3, -0.25) is 14.5 Å². The minimum atomic E-state index is -3.75. The van der Waals surface area contributed by atoms with Crippen LogP contribution >= 0.6 is 0 Å². The first kappa shape index (κ1) is 38.0. The van der Waals surface area contributed by atoms with E-state index in [0.717, 1.165) is 37.5 Å². The van der Waals surface area contributed by atoms with Crippen LogP contribution in [0.2, 0.25) is 0 Å². The topological polar surface area (TPSA) is 128 Å². The summed E-state index contributed by atoms with van der Waals surface area (Å²) in [5.74, 6) is -0.172. The Kier molecular flexibility index (Phi) is 12.5. The standard InChI is InChI=1S/C37H55FN4O5S/c1-36(2,3)41-34(44)31-21-27-16-10-11-17-28(27)23-42(31)24-32(43)30(20-25-13-8-7-9-14-25)40-35(45)33(37(4,5)48(6,46)47)39-22-26-15-12-18-29(38)19-26/h7-9,12-15,18-19,27-28,30-33,39,43H,10-11,16-17,20-24H2,1-6H3,(H,40,45)(H,41,44)/t27?,28?,30-,31-,32+,33+/m0/s1. The van der Waals surface area contributed by atoms with Crippen LogP contribution in [0.5, 0.6) is 0 Å². The molecule has 2 amide bonds. The fourth-order valence-electron chi connectivity index (χ4n) is 7.15. The van der Waals surface area contributed by atoms with E-state index in [0.29, 0.717) is 30.4 Å². The molecule has 0 bridgehead atoms. The quantitative estimate of drug-likeness (QED) is 0.251. The molecule has 9 nitrogen and oxygen atoms in total. The Labute approximate surface area is 286 Å². The number of nitrogens with one attached hydrogen (secondary N) is 3. The van der Waals surface area contributed by atoms with Crippen molar-refractivity contribution in [1.82, 2.24) is 20.9 Å². The maximum Gasteiger partial charge on any atom is 0.239 e. The number of β-amino-alcohol motifs (C(OH)–C–C–N with tert-alkyl or cyclic N) is 1. The van der Waals surface area contributed by atoms with E-state index >= 15 is 0 Å². The Morgan fingerprint density at radius 3 is 2.25 bits per heavy atom. The number of nitrogens with zero attached hydrogens (tertiary/aromatic N) is 1. The molecule has 1 heterocycles. The Morgan fingerprint density at radius 2 is 1.62 bits per heavy atom. The molecule has 2 unspecified atom stereocenters. The number of rotatable bonds is 13. The second-order valence-electron chi connectivity index (χ2n) is 15.4. The van der Waals surface area contributed by atoms with Crippen LogP contribution in [0, 0.1) is 17.7 Å². The Bertz CT molecular complexity index is 1500. The number of amides is 2. The number of aliphatic hydroxyl groups is 1. The van der Waals surface area contributed by atoms with Gasteiger partial charge in [0.2, 0.25) is 11.8 Å². The number of aliphatic hydroxyl groups excluding tert-OH is 1. The smallest absolute Gasteiger partial charge is 0.239 e. The van der Waals surface area contributed by atoms with Crippen molar-refractivity contribution in [2.75, 3.05) is 19.3 Å². The van der Waals surface area contributed by atoms with E-state index in [2.05, 4.69) is 20.9 Å². The van der Waals surface area contributed by atoms with E-state index in [1.165, 1.54) is 32.4 Å². The van der Waals surface area contributed by atoms with E-state index in [4.69, 9.17) is 0 Å². The van der Waals surface area contributed by atoms with Gasteiger partial charge in [0.15, 0.2) is 9.84 Å². The summed E-state index contributed by atoms with van der Waals surface area (Å²) in [4.78, 5) is 29.9. The van der Waals surface area contributed by atoms with Crippen molar-refractivity contribution in [3.05, 3.63) is 71.5 Å². The van der Waals surface area contributed by atoms with E-state index in [9.17, 15) is 27.5 Å². The Balaban J connectivity index is 1.61. The molecule has 0 spiro atoms. The number of carbonyl (C=O) groups is 2. The van der Waals surface area contributed by atoms with Crippen LogP contribution in [0.25, 0.3) is 0 Å². The predicted octanol–water partition coefficient (Wildman–Crippen LogP) is 3.99. The third-order valence-electron chi connectivity index (χ3n) is 10.1. The van der Waals surface area contributed by atoms with Gasteiger partial charge in [0, 0.05) is 31.4 Å². The zero-order chi connectivity index (χ0) is 35.3. The molecule has 1 saturated heterocycles. The van der Waals surface area contributed by atoms with Crippen LogP contribution < -0.4 is 16.0 Å². The molecule has 6 atom stereocenters. The van der Waals surface area contributed by atoms with Crippen LogP contribution in [-0.2, 0) is 32.4 Å². The first-order valence-corrected chi connectivity index (χ1v) is 19.1. The number of carbonyl (C=O) groups excluding carboxylic acids is 2. The van der Waals surface area contributed by atoms with Crippen LogP contribution in [-0.4, -0.2) is 84.1 Å². The Morgan fingerprint density at radius 1 is 0.979 bits per heavy atom. The molecule has 2 aromatic rings. The zero-order valence-corrected chi connectivity index (χ0v) is 30.2. The lowest BCUT2D eigenvalue weighted by Gasteiger charge is -2.47. The summed E-state index contributed by atoms with van der Waals surface area (Å²) in [7, 11) is -3.75. The molecule has 4 N–H and O–H groups in total. The molecule has 11 heteroatoms. The lowest BCUT2D eigenvalue weighted by atomic mass is 9.72. The minimum Gasteiger partial charge on any atom is -0.390 e. The van der Waals surface area contributed by atoms with Gasteiger partial charge in [0.05, 0.1) is 22.9 Å². The number of halogens is 1. The fourth-order valence-corrected chi connectivity index (χ4v) is 7.77. The fraction of sp³-hybridized carbons (Fsp3) is 0.622. The maximum absolute atomic E-state index is 14.1. The molecule has 48 heavy (non-hydrogen) atoms. The monoisotopic (exact) mass is 686 g/mol. The SMILES string of the molecule is CC(C)(C)NC(=O)[C@@H]1CC2CCCCC2CN1C[C@@H](O)[C@H](Cc1ccccc1)NC(=O)[C@@H](NCc1cccc(F)c1)C(C)(C)S(C)(=O)=O. The maximum atomic E-state index is 14.1. The van der Waals surface area contributed by atoms with Gasteiger partial charge in [-0.2, -0.15) is 0 Å². The van der Waals surface area contributed by atoms with E-state index in [1.54, 1.807) is 12.1 Å². The second-order valence-corrected chi connectivity index (χ2v) is 18.0. The van der Waals surface area contributed by atoms with Gasteiger partial charge in [0.1, 0.15) is 11.9 Å². The number of hydrogen-bond donors (Lipinski definition) is 4. The van der Waals surface area contributed by atoms with Crippen molar-refractivity contribution < 1.29 is 27.5 Å². The van der Waals surface area contributed by atoms with E-state index in [-0.39, 0.29) is 19.0 Å². The van der Waals surface area contributed by atoms with Crippen LogP contribution in [0.4, 0.5) is 4.39 Å². The third kappa shape index (κ3) is 10.1. The van der Waals surface area contributed by atoms with Crippen molar-refractivity contribution >= 4 is 21.7 Å². The van der Waals surface area contributed by atoms with Crippen molar-refractivity contribution in [1.29, 1.82) is 0 Å². The second kappa shape index (κ2) is 15.8. The highest BCUT2D eigenvalue weighted by Crippen LogP contribution is 2.39. The number of likely N-dealkylation sites (tertiary alicyclic amines) is 1. The van der Waals surface area contributed by atoms with Crippen LogP contribution in [0.3, 0.4) is 0 Å². The molecule has 1 aliphatic heterocycles. The summed E-state index contributed by atoms with van der Waals surface area (Å²) in [6.45, 7) is 9.76. The van der Waals surface area contributed by atoms with Gasteiger partial charge in [-0.05, 0) is 89.0 Å². The average molecular weight is 687 g/mol. The molecule has 2 fully saturated rings. The van der Waals surface area contributed by atoms with Gasteiger partial charge in [-0.15, -0.1) is 0 Å². The largest absolute Gasteiger partial charge is 0.390 e. The van der Waals surface area contributed by atoms with Crippen LogP contribution in [0.15, 0.2) is 54.6 Å². The minimum absolute atomic E-state index is 0.0566. The van der Waals surface area contributed by atoms with Gasteiger partial charge in [-0.1, -0.05) is 61.7 Å². The normalized spacial score (nSPS) is 22.6. The predicted molar refractivity (Wildman–Crippen MR) is 187 cm³/mol. The van der Waals surface area contributed by atoms with Crippen LogP contribution in [0.1, 0.15) is 77.8 Å². The highest BCUT2D eigenvalue weighted by Gasteiger charge is 2.45.